The van der Waals surface area contributed by atoms with E-state index in [1.165, 1.54) is 36.1 Å². The zero-order chi connectivity index (χ0) is 16.2. The van der Waals surface area contributed by atoms with Gasteiger partial charge in [0.2, 0.25) is 0 Å². The zero-order valence-corrected chi connectivity index (χ0v) is 13.1. The molecule has 0 fully saturated rings. The standard InChI is InChI=1S/C18H19N3O2/c1-20(16-8-10-17(11-9-16)21(22)23)18-12-7-15(13-19-18)14-5-3-2-4-6-14/h5,7-13H,2-4,6H2,1H3. The zero-order valence-electron chi connectivity index (χ0n) is 13.1. The van der Waals surface area contributed by atoms with E-state index in [0.29, 0.717) is 0 Å². The maximum absolute atomic E-state index is 10.7. The Bertz CT molecular complexity index is 721. The average Bonchev–Trinajstić information content (AvgIpc) is 2.62. The van der Waals surface area contributed by atoms with Crippen LogP contribution in [0.2, 0.25) is 0 Å². The van der Waals surface area contributed by atoms with E-state index in [9.17, 15) is 10.1 Å². The molecular formula is C18H19N3O2. The van der Waals surface area contributed by atoms with E-state index >= 15 is 0 Å². The first-order valence-corrected chi connectivity index (χ1v) is 7.79. The first-order chi connectivity index (χ1) is 11.1. The van der Waals surface area contributed by atoms with Gasteiger partial charge < -0.3 is 4.90 Å². The maximum Gasteiger partial charge on any atom is 0.269 e. The molecule has 0 spiro atoms. The van der Waals surface area contributed by atoms with Gasteiger partial charge in [0, 0.05) is 31.1 Å². The summed E-state index contributed by atoms with van der Waals surface area (Å²) >= 11 is 0. The first-order valence-electron chi connectivity index (χ1n) is 7.79. The van der Waals surface area contributed by atoms with Crippen molar-refractivity contribution in [2.24, 2.45) is 0 Å². The average molecular weight is 309 g/mol. The summed E-state index contributed by atoms with van der Waals surface area (Å²) in [6, 6.07) is 10.6. The normalized spacial score (nSPS) is 14.2. The second kappa shape index (κ2) is 6.60. The molecule has 5 heteroatoms. The lowest BCUT2D eigenvalue weighted by Gasteiger charge is -2.19. The summed E-state index contributed by atoms with van der Waals surface area (Å²) in [6.07, 6.45) is 9.02. The Labute approximate surface area is 135 Å². The van der Waals surface area contributed by atoms with Gasteiger partial charge in [-0.2, -0.15) is 0 Å². The van der Waals surface area contributed by atoms with Crippen LogP contribution in [0.15, 0.2) is 48.7 Å². The van der Waals surface area contributed by atoms with E-state index < -0.39 is 4.92 Å². The number of allylic oxidation sites excluding steroid dienone is 2. The van der Waals surface area contributed by atoms with Crippen molar-refractivity contribution >= 4 is 22.8 Å². The maximum atomic E-state index is 10.7. The molecule has 1 aromatic carbocycles. The van der Waals surface area contributed by atoms with Gasteiger partial charge in [0.15, 0.2) is 0 Å². The van der Waals surface area contributed by atoms with Gasteiger partial charge in [-0.25, -0.2) is 4.98 Å². The van der Waals surface area contributed by atoms with Crippen LogP contribution >= 0.6 is 0 Å². The number of hydrogen-bond donors (Lipinski definition) is 0. The summed E-state index contributed by atoms with van der Waals surface area (Å²) < 4.78 is 0. The Morgan fingerprint density at radius 1 is 1.13 bits per heavy atom. The van der Waals surface area contributed by atoms with E-state index in [1.54, 1.807) is 12.1 Å². The molecule has 0 unspecified atom stereocenters. The smallest absolute Gasteiger partial charge is 0.269 e. The molecule has 0 amide bonds. The molecule has 1 aliphatic carbocycles. The van der Waals surface area contributed by atoms with Crippen molar-refractivity contribution in [2.45, 2.75) is 25.7 Å². The number of pyridine rings is 1. The highest BCUT2D eigenvalue weighted by Crippen LogP contribution is 2.28. The molecule has 118 valence electrons. The predicted octanol–water partition coefficient (Wildman–Crippen LogP) is 4.72. The van der Waals surface area contributed by atoms with Gasteiger partial charge >= 0.3 is 0 Å². The molecule has 3 rings (SSSR count). The lowest BCUT2D eigenvalue weighted by Crippen LogP contribution is -2.11. The predicted molar refractivity (Wildman–Crippen MR) is 91.8 cm³/mol. The van der Waals surface area contributed by atoms with Crippen molar-refractivity contribution in [2.75, 3.05) is 11.9 Å². The molecule has 1 heterocycles. The van der Waals surface area contributed by atoms with Gasteiger partial charge in [-0.05, 0) is 61.1 Å². The second-order valence-electron chi connectivity index (χ2n) is 5.71. The Hall–Kier alpha value is -2.69. The van der Waals surface area contributed by atoms with Gasteiger partial charge in [0.1, 0.15) is 5.82 Å². The van der Waals surface area contributed by atoms with Crippen molar-refractivity contribution in [3.8, 4) is 0 Å². The van der Waals surface area contributed by atoms with Gasteiger partial charge in [0.05, 0.1) is 4.92 Å². The fourth-order valence-electron chi connectivity index (χ4n) is 2.80. The molecule has 0 radical (unpaired) electrons. The summed E-state index contributed by atoms with van der Waals surface area (Å²) in [5.41, 5.74) is 3.53. The number of nitro benzene ring substituents is 1. The molecule has 0 aliphatic heterocycles. The summed E-state index contributed by atoms with van der Waals surface area (Å²) in [5, 5.41) is 10.7. The van der Waals surface area contributed by atoms with Crippen LogP contribution in [0, 0.1) is 10.1 Å². The quantitative estimate of drug-likeness (QED) is 0.606. The van der Waals surface area contributed by atoms with Crippen LogP contribution in [-0.2, 0) is 0 Å². The molecule has 0 saturated carbocycles. The second-order valence-corrected chi connectivity index (χ2v) is 5.71. The Morgan fingerprint density at radius 3 is 2.48 bits per heavy atom. The van der Waals surface area contributed by atoms with Gasteiger partial charge in [-0.15, -0.1) is 0 Å². The van der Waals surface area contributed by atoms with Gasteiger partial charge in [0.25, 0.3) is 5.69 Å². The van der Waals surface area contributed by atoms with Crippen LogP contribution in [0.3, 0.4) is 0 Å². The van der Waals surface area contributed by atoms with E-state index in [0.717, 1.165) is 24.3 Å². The number of rotatable bonds is 4. The minimum absolute atomic E-state index is 0.0923. The Kier molecular flexibility index (Phi) is 4.37. The molecule has 1 aromatic heterocycles. The molecule has 0 bridgehead atoms. The molecule has 0 atom stereocenters. The van der Waals surface area contributed by atoms with Crippen molar-refractivity contribution in [3.05, 3.63) is 64.3 Å². The van der Waals surface area contributed by atoms with Gasteiger partial charge in [-0.3, -0.25) is 10.1 Å². The monoisotopic (exact) mass is 309 g/mol. The van der Waals surface area contributed by atoms with E-state index in [-0.39, 0.29) is 5.69 Å². The first kappa shape index (κ1) is 15.2. The Balaban J connectivity index is 1.78. The van der Waals surface area contributed by atoms with Crippen LogP contribution in [0.5, 0.6) is 0 Å². The highest BCUT2D eigenvalue weighted by atomic mass is 16.6. The lowest BCUT2D eigenvalue weighted by atomic mass is 9.95. The minimum Gasteiger partial charge on any atom is -0.329 e. The fraction of sp³-hybridized carbons (Fsp3) is 0.278. The van der Waals surface area contributed by atoms with Crippen molar-refractivity contribution in [3.63, 3.8) is 0 Å². The van der Waals surface area contributed by atoms with Crippen molar-refractivity contribution in [1.29, 1.82) is 0 Å². The van der Waals surface area contributed by atoms with Crippen molar-refractivity contribution in [1.82, 2.24) is 4.98 Å². The van der Waals surface area contributed by atoms with E-state index in [2.05, 4.69) is 17.1 Å². The largest absolute Gasteiger partial charge is 0.329 e. The van der Waals surface area contributed by atoms with Crippen LogP contribution in [0.1, 0.15) is 31.2 Å². The third-order valence-electron chi connectivity index (χ3n) is 4.20. The van der Waals surface area contributed by atoms with Crippen LogP contribution in [-0.4, -0.2) is 17.0 Å². The highest BCUT2D eigenvalue weighted by Gasteiger charge is 2.10. The lowest BCUT2D eigenvalue weighted by molar-refractivity contribution is -0.384. The SMILES string of the molecule is CN(c1ccc([N+](=O)[O-])cc1)c1ccc(C2=CCCCC2)cn1. The molecule has 2 aromatic rings. The van der Waals surface area contributed by atoms with Crippen molar-refractivity contribution < 1.29 is 4.92 Å². The molecule has 1 aliphatic rings. The molecule has 23 heavy (non-hydrogen) atoms. The number of nitrogens with zero attached hydrogens (tertiary/aromatic N) is 3. The topological polar surface area (TPSA) is 59.3 Å². The summed E-state index contributed by atoms with van der Waals surface area (Å²) in [7, 11) is 1.91. The molecule has 5 nitrogen and oxygen atoms in total. The molecule has 0 N–H and O–H groups in total. The summed E-state index contributed by atoms with van der Waals surface area (Å²) in [4.78, 5) is 16.8. The van der Waals surface area contributed by atoms with Gasteiger partial charge in [-0.1, -0.05) is 6.08 Å². The number of nitro groups is 1. The van der Waals surface area contributed by atoms with E-state index in [4.69, 9.17) is 0 Å². The summed E-state index contributed by atoms with van der Waals surface area (Å²) in [5.74, 6) is 0.819. The number of hydrogen-bond acceptors (Lipinski definition) is 4. The van der Waals surface area contributed by atoms with Crippen LogP contribution in [0.4, 0.5) is 17.2 Å². The van der Waals surface area contributed by atoms with Crippen LogP contribution < -0.4 is 4.90 Å². The minimum atomic E-state index is -0.394. The van der Waals surface area contributed by atoms with Crippen LogP contribution in [0.25, 0.3) is 5.57 Å². The third-order valence-corrected chi connectivity index (χ3v) is 4.20. The fourth-order valence-corrected chi connectivity index (χ4v) is 2.80. The highest BCUT2D eigenvalue weighted by molar-refractivity contribution is 5.68. The summed E-state index contributed by atoms with van der Waals surface area (Å²) in [6.45, 7) is 0. The number of benzene rings is 1. The molecular weight excluding hydrogens is 290 g/mol. The molecule has 0 saturated heterocycles. The Morgan fingerprint density at radius 2 is 1.91 bits per heavy atom. The third kappa shape index (κ3) is 3.39. The number of non-ortho nitro benzene ring substituents is 1. The number of aromatic nitrogens is 1. The number of anilines is 2. The van der Waals surface area contributed by atoms with E-state index in [1.807, 2.05) is 24.2 Å².